The Morgan fingerprint density at radius 2 is 0.815 bits per heavy atom. The van der Waals surface area contributed by atoms with E-state index in [1.165, 1.54) is 44.9 Å². The molecule has 164 valence electrons. The van der Waals surface area contributed by atoms with Crippen molar-refractivity contribution in [3.05, 3.63) is 0 Å². The second-order valence-electron chi connectivity index (χ2n) is 6.64. The van der Waals surface area contributed by atoms with E-state index in [9.17, 15) is 0 Å². The normalized spacial score (nSPS) is 11.3. The zero-order chi connectivity index (χ0) is 19.7. The van der Waals surface area contributed by atoms with Crippen molar-refractivity contribution in [2.45, 2.75) is 58.3 Å². The van der Waals surface area contributed by atoms with Crippen molar-refractivity contribution in [1.29, 1.82) is 0 Å². The predicted molar refractivity (Wildman–Crippen MR) is 111 cm³/mol. The van der Waals surface area contributed by atoms with Crippen molar-refractivity contribution in [2.75, 3.05) is 79.7 Å². The Kier molecular flexibility index (Phi) is 25.5. The molecule has 6 heteroatoms. The number of unbranched alkanes of at least 4 members (excludes halogenated alkanes) is 7. The van der Waals surface area contributed by atoms with Gasteiger partial charge in [0, 0.05) is 13.2 Å². The lowest BCUT2D eigenvalue weighted by Gasteiger charge is -2.08. The van der Waals surface area contributed by atoms with Gasteiger partial charge in [-0.2, -0.15) is 0 Å². The third kappa shape index (κ3) is 25.8. The zero-order valence-electron chi connectivity index (χ0n) is 18.0. The Morgan fingerprint density at radius 1 is 0.444 bits per heavy atom. The fraction of sp³-hybridized carbons (Fsp3) is 1.00. The summed E-state index contributed by atoms with van der Waals surface area (Å²) in [6, 6.07) is 0. The summed E-state index contributed by atoms with van der Waals surface area (Å²) in [6.45, 7) is 9.64. The molecule has 0 atom stereocenters. The van der Waals surface area contributed by atoms with E-state index >= 15 is 0 Å². The minimum atomic E-state index is 0.592. The summed E-state index contributed by atoms with van der Waals surface area (Å²) < 4.78 is 27.3. The highest BCUT2D eigenvalue weighted by molar-refractivity contribution is 4.46. The van der Waals surface area contributed by atoms with E-state index in [4.69, 9.17) is 23.7 Å². The van der Waals surface area contributed by atoms with Gasteiger partial charge in [0.15, 0.2) is 0 Å². The highest BCUT2D eigenvalue weighted by Crippen LogP contribution is 2.08. The van der Waals surface area contributed by atoms with Gasteiger partial charge in [0.2, 0.25) is 0 Å². The zero-order valence-corrected chi connectivity index (χ0v) is 18.0. The Hall–Kier alpha value is -0.240. The molecule has 0 aromatic rings. The van der Waals surface area contributed by atoms with Gasteiger partial charge in [-0.15, -0.1) is 0 Å². The summed E-state index contributed by atoms with van der Waals surface area (Å²) in [5.41, 5.74) is 0. The standard InChI is InChI=1S/C21H45NO5/c1-3-4-5-6-7-8-9-10-12-23-14-16-25-18-20-27-21-19-26-17-15-24-13-11-22-2/h22H,3-21H2,1-2H3. The van der Waals surface area contributed by atoms with Crippen LogP contribution in [0.25, 0.3) is 0 Å². The Labute approximate surface area is 167 Å². The van der Waals surface area contributed by atoms with Crippen LogP contribution in [-0.4, -0.2) is 79.7 Å². The minimum Gasteiger partial charge on any atom is -0.379 e. The van der Waals surface area contributed by atoms with Gasteiger partial charge in [0.25, 0.3) is 0 Å². The van der Waals surface area contributed by atoms with Gasteiger partial charge in [0.05, 0.1) is 59.5 Å². The molecular weight excluding hydrogens is 346 g/mol. The molecule has 0 aromatic carbocycles. The largest absolute Gasteiger partial charge is 0.379 e. The maximum atomic E-state index is 5.58. The van der Waals surface area contributed by atoms with Crippen molar-refractivity contribution in [1.82, 2.24) is 5.32 Å². The molecule has 0 saturated carbocycles. The molecule has 0 rings (SSSR count). The molecular formula is C21H45NO5. The predicted octanol–water partition coefficient (Wildman–Crippen LogP) is 3.43. The first-order valence-corrected chi connectivity index (χ1v) is 10.9. The number of nitrogens with one attached hydrogen (secondary N) is 1. The third-order valence-corrected chi connectivity index (χ3v) is 4.13. The molecule has 0 saturated heterocycles. The van der Waals surface area contributed by atoms with Gasteiger partial charge in [-0.05, 0) is 13.5 Å². The van der Waals surface area contributed by atoms with Crippen LogP contribution in [0, 0.1) is 0 Å². The van der Waals surface area contributed by atoms with Crippen molar-refractivity contribution in [3.63, 3.8) is 0 Å². The number of likely N-dealkylation sites (N-methyl/N-ethyl adjacent to an activating group) is 1. The van der Waals surface area contributed by atoms with Crippen LogP contribution < -0.4 is 5.32 Å². The monoisotopic (exact) mass is 391 g/mol. The molecule has 0 aliphatic carbocycles. The second-order valence-corrected chi connectivity index (χ2v) is 6.64. The SMILES string of the molecule is CCCCCCCCCCOCCOCCOCCOCCOCCNC. The summed E-state index contributed by atoms with van der Waals surface area (Å²) in [5.74, 6) is 0. The molecule has 0 bridgehead atoms. The van der Waals surface area contributed by atoms with E-state index in [0.29, 0.717) is 52.9 Å². The lowest BCUT2D eigenvalue weighted by Crippen LogP contribution is -2.17. The van der Waals surface area contributed by atoms with Crippen LogP contribution in [-0.2, 0) is 23.7 Å². The van der Waals surface area contributed by atoms with Gasteiger partial charge >= 0.3 is 0 Å². The van der Waals surface area contributed by atoms with Crippen LogP contribution in [0.5, 0.6) is 0 Å². The first-order chi connectivity index (χ1) is 13.4. The summed E-state index contributed by atoms with van der Waals surface area (Å²) in [5, 5.41) is 3.03. The Morgan fingerprint density at radius 3 is 1.26 bits per heavy atom. The molecule has 0 aliphatic heterocycles. The maximum absolute atomic E-state index is 5.58. The van der Waals surface area contributed by atoms with E-state index in [1.807, 2.05) is 7.05 Å². The summed E-state index contributed by atoms with van der Waals surface area (Å²) in [6.07, 6.45) is 10.7. The Balaban J connectivity index is 2.95. The van der Waals surface area contributed by atoms with E-state index in [1.54, 1.807) is 0 Å². The van der Waals surface area contributed by atoms with E-state index in [-0.39, 0.29) is 0 Å². The highest BCUT2D eigenvalue weighted by atomic mass is 16.6. The van der Waals surface area contributed by atoms with Crippen LogP contribution in [0.15, 0.2) is 0 Å². The van der Waals surface area contributed by atoms with Gasteiger partial charge in [0.1, 0.15) is 0 Å². The third-order valence-electron chi connectivity index (χ3n) is 4.13. The van der Waals surface area contributed by atoms with E-state index in [2.05, 4.69) is 12.2 Å². The molecule has 6 nitrogen and oxygen atoms in total. The minimum absolute atomic E-state index is 0.592. The molecule has 0 amide bonds. The fourth-order valence-electron chi connectivity index (χ4n) is 2.49. The number of rotatable bonds is 24. The average Bonchev–Trinajstić information content (AvgIpc) is 2.68. The quantitative estimate of drug-likeness (QED) is 0.254. The van der Waals surface area contributed by atoms with Crippen LogP contribution in [0.3, 0.4) is 0 Å². The molecule has 1 N–H and O–H groups in total. The molecule has 0 unspecified atom stereocenters. The highest BCUT2D eigenvalue weighted by Gasteiger charge is 1.94. The first-order valence-electron chi connectivity index (χ1n) is 10.9. The molecule has 0 radical (unpaired) electrons. The Bertz CT molecular complexity index is 233. The summed E-state index contributed by atoms with van der Waals surface area (Å²) in [7, 11) is 1.91. The average molecular weight is 392 g/mol. The summed E-state index contributed by atoms with van der Waals surface area (Å²) >= 11 is 0. The molecule has 0 aliphatic rings. The maximum Gasteiger partial charge on any atom is 0.0701 e. The lowest BCUT2D eigenvalue weighted by molar-refractivity contribution is -0.0109. The number of hydrogen-bond acceptors (Lipinski definition) is 6. The van der Waals surface area contributed by atoms with Crippen molar-refractivity contribution >= 4 is 0 Å². The smallest absolute Gasteiger partial charge is 0.0701 e. The molecule has 27 heavy (non-hydrogen) atoms. The van der Waals surface area contributed by atoms with Gasteiger partial charge < -0.3 is 29.0 Å². The molecule has 0 spiro atoms. The van der Waals surface area contributed by atoms with Crippen molar-refractivity contribution in [2.24, 2.45) is 0 Å². The molecule has 0 aromatic heterocycles. The van der Waals surface area contributed by atoms with Crippen molar-refractivity contribution < 1.29 is 23.7 Å². The topological polar surface area (TPSA) is 58.2 Å². The van der Waals surface area contributed by atoms with Crippen molar-refractivity contribution in [3.8, 4) is 0 Å². The van der Waals surface area contributed by atoms with Crippen LogP contribution in [0.2, 0.25) is 0 Å². The van der Waals surface area contributed by atoms with Gasteiger partial charge in [-0.1, -0.05) is 51.9 Å². The number of hydrogen-bond donors (Lipinski definition) is 1. The second kappa shape index (κ2) is 25.8. The van der Waals surface area contributed by atoms with Gasteiger partial charge in [-0.3, -0.25) is 0 Å². The number of ether oxygens (including phenoxy) is 5. The lowest BCUT2D eigenvalue weighted by atomic mass is 10.1. The van der Waals surface area contributed by atoms with Crippen LogP contribution in [0.4, 0.5) is 0 Å². The first kappa shape index (κ1) is 26.8. The fourth-order valence-corrected chi connectivity index (χ4v) is 2.49. The molecule has 0 fully saturated rings. The summed E-state index contributed by atoms with van der Waals surface area (Å²) in [4.78, 5) is 0. The van der Waals surface area contributed by atoms with E-state index in [0.717, 1.165) is 26.2 Å². The van der Waals surface area contributed by atoms with Crippen LogP contribution >= 0.6 is 0 Å². The van der Waals surface area contributed by atoms with Gasteiger partial charge in [-0.25, -0.2) is 0 Å². The van der Waals surface area contributed by atoms with E-state index < -0.39 is 0 Å². The van der Waals surface area contributed by atoms with Crippen LogP contribution in [0.1, 0.15) is 58.3 Å². The molecule has 0 heterocycles.